The van der Waals surface area contributed by atoms with E-state index < -0.39 is 0 Å². The van der Waals surface area contributed by atoms with Crippen molar-refractivity contribution in [2.45, 2.75) is 50.7 Å². The van der Waals surface area contributed by atoms with Crippen LogP contribution in [0.1, 0.15) is 37.7 Å². The summed E-state index contributed by atoms with van der Waals surface area (Å²) in [6.45, 7) is 1.04. The Kier molecular flexibility index (Phi) is 3.03. The molecule has 2 atom stereocenters. The number of hydrogen-bond acceptors (Lipinski definition) is 1. The van der Waals surface area contributed by atoms with Crippen molar-refractivity contribution in [3.63, 3.8) is 0 Å². The fourth-order valence-electron chi connectivity index (χ4n) is 4.08. The zero-order valence-electron chi connectivity index (χ0n) is 11.0. The molecule has 2 bridgehead atoms. The van der Waals surface area contributed by atoms with Gasteiger partial charge in [-0.05, 0) is 37.5 Å². The van der Waals surface area contributed by atoms with E-state index in [1.807, 2.05) is 12.1 Å². The monoisotopic (exact) mass is 265 g/mol. The van der Waals surface area contributed by atoms with Crippen molar-refractivity contribution >= 4 is 17.3 Å². The molecule has 2 aliphatic rings. The van der Waals surface area contributed by atoms with Crippen LogP contribution in [0.5, 0.6) is 0 Å². The fraction of sp³-hybridized carbons (Fsp3) is 0.600. The number of anilines is 1. The number of halogens is 1. The first kappa shape index (κ1) is 12.3. The Labute approximate surface area is 114 Å². The first-order chi connectivity index (χ1) is 8.59. The van der Waals surface area contributed by atoms with Crippen LogP contribution in [0.15, 0.2) is 18.2 Å². The number of fused-ring (bicyclic) bond motifs is 2. The molecule has 0 radical (unpaired) electrons. The van der Waals surface area contributed by atoms with Crippen LogP contribution in [0, 0.1) is 0 Å². The molecule has 2 saturated heterocycles. The van der Waals surface area contributed by atoms with Crippen LogP contribution < -0.4 is 5.73 Å². The summed E-state index contributed by atoms with van der Waals surface area (Å²) in [4.78, 5) is 0. The molecule has 0 aliphatic carbocycles. The lowest BCUT2D eigenvalue weighted by Crippen LogP contribution is -2.55. The molecule has 18 heavy (non-hydrogen) atoms. The van der Waals surface area contributed by atoms with E-state index >= 15 is 0 Å². The predicted molar refractivity (Wildman–Crippen MR) is 76.4 cm³/mol. The number of benzene rings is 1. The second kappa shape index (κ2) is 4.43. The molecule has 0 amide bonds. The summed E-state index contributed by atoms with van der Waals surface area (Å²) in [5, 5.41) is 0.801. The zero-order chi connectivity index (χ0) is 12.8. The van der Waals surface area contributed by atoms with E-state index in [-0.39, 0.29) is 0 Å². The molecule has 98 valence electrons. The third-order valence-electron chi connectivity index (χ3n) is 5.19. The molecule has 2 unspecified atom stereocenters. The van der Waals surface area contributed by atoms with Gasteiger partial charge in [-0.3, -0.25) is 0 Å². The summed E-state index contributed by atoms with van der Waals surface area (Å²) in [7, 11) is 2.42. The first-order valence-corrected chi connectivity index (χ1v) is 7.36. The third-order valence-corrected chi connectivity index (χ3v) is 5.43. The molecular formula is C15H22ClN2+. The van der Waals surface area contributed by atoms with Crippen molar-refractivity contribution in [2.75, 3.05) is 12.8 Å². The molecular weight excluding hydrogens is 244 g/mol. The van der Waals surface area contributed by atoms with E-state index in [4.69, 9.17) is 17.3 Å². The number of hydrogen-bond donors (Lipinski definition) is 1. The van der Waals surface area contributed by atoms with E-state index in [0.717, 1.165) is 29.3 Å². The molecule has 1 aromatic carbocycles. The lowest BCUT2D eigenvalue weighted by atomic mass is 9.98. The maximum Gasteiger partial charge on any atom is 0.107 e. The van der Waals surface area contributed by atoms with Crippen molar-refractivity contribution in [1.82, 2.24) is 0 Å². The largest absolute Gasteiger partial charge is 0.398 e. The van der Waals surface area contributed by atoms with Crippen LogP contribution in [-0.4, -0.2) is 23.6 Å². The molecule has 0 aromatic heterocycles. The molecule has 1 aromatic rings. The normalized spacial score (nSPS) is 34.8. The Balaban J connectivity index is 1.89. The fourth-order valence-corrected chi connectivity index (χ4v) is 4.27. The van der Waals surface area contributed by atoms with Crippen molar-refractivity contribution in [2.24, 2.45) is 0 Å². The number of nitrogens with two attached hydrogens (primary N) is 1. The van der Waals surface area contributed by atoms with Gasteiger partial charge in [0, 0.05) is 29.1 Å². The highest BCUT2D eigenvalue weighted by Gasteiger charge is 2.48. The van der Waals surface area contributed by atoms with Gasteiger partial charge in [0.15, 0.2) is 0 Å². The molecule has 2 aliphatic heterocycles. The van der Waals surface area contributed by atoms with Gasteiger partial charge >= 0.3 is 0 Å². The molecule has 2 N–H and O–H groups in total. The molecule has 3 rings (SSSR count). The van der Waals surface area contributed by atoms with Gasteiger partial charge in [-0.1, -0.05) is 11.6 Å². The summed E-state index contributed by atoms with van der Waals surface area (Å²) >= 11 is 6.11. The molecule has 2 nitrogen and oxygen atoms in total. The van der Waals surface area contributed by atoms with Crippen LogP contribution in [0.3, 0.4) is 0 Å². The van der Waals surface area contributed by atoms with Crippen molar-refractivity contribution < 1.29 is 4.48 Å². The van der Waals surface area contributed by atoms with Gasteiger partial charge in [0.1, 0.15) is 6.54 Å². The number of rotatable bonds is 2. The van der Waals surface area contributed by atoms with Gasteiger partial charge in [-0.2, -0.15) is 0 Å². The number of piperidine rings is 1. The SMILES string of the molecule is C[N+]1(Cc2cc(Cl)ccc2N)C2CCCC1CC2. The highest BCUT2D eigenvalue weighted by molar-refractivity contribution is 6.30. The Hall–Kier alpha value is -0.730. The van der Waals surface area contributed by atoms with Gasteiger partial charge in [-0.15, -0.1) is 0 Å². The lowest BCUT2D eigenvalue weighted by Gasteiger charge is -2.45. The van der Waals surface area contributed by atoms with Gasteiger partial charge in [0.25, 0.3) is 0 Å². The van der Waals surface area contributed by atoms with Gasteiger partial charge in [0.05, 0.1) is 19.1 Å². The van der Waals surface area contributed by atoms with E-state index in [1.165, 1.54) is 42.2 Å². The smallest absolute Gasteiger partial charge is 0.107 e. The third kappa shape index (κ3) is 1.92. The standard InChI is InChI=1S/C15H22ClN2/c1-18(13-3-2-4-14(18)7-6-13)10-11-9-12(16)5-8-15(11)17/h5,8-9,13-14H,2-4,6-7,10,17H2,1H3/q+1. The lowest BCUT2D eigenvalue weighted by molar-refractivity contribution is -0.960. The van der Waals surface area contributed by atoms with Crippen molar-refractivity contribution in [1.29, 1.82) is 0 Å². The van der Waals surface area contributed by atoms with Gasteiger partial charge in [0.2, 0.25) is 0 Å². The Morgan fingerprint density at radius 3 is 2.56 bits per heavy atom. The number of nitrogens with zero attached hydrogens (tertiary/aromatic N) is 1. The molecule has 3 heteroatoms. The second-order valence-corrected chi connectivity index (χ2v) is 6.60. The second-order valence-electron chi connectivity index (χ2n) is 6.16. The van der Waals surface area contributed by atoms with Crippen molar-refractivity contribution in [3.05, 3.63) is 28.8 Å². The topological polar surface area (TPSA) is 26.0 Å². The predicted octanol–water partition coefficient (Wildman–Crippen LogP) is 3.58. The maximum atomic E-state index is 6.11. The maximum absolute atomic E-state index is 6.11. The summed E-state index contributed by atoms with van der Waals surface area (Å²) in [6, 6.07) is 7.54. The van der Waals surface area contributed by atoms with E-state index in [0.29, 0.717) is 0 Å². The number of nitrogen functional groups attached to an aromatic ring is 1. The number of quaternary nitrogens is 1. The highest BCUT2D eigenvalue weighted by Crippen LogP contribution is 2.43. The molecule has 0 spiro atoms. The van der Waals surface area contributed by atoms with Gasteiger partial charge < -0.3 is 10.2 Å². The van der Waals surface area contributed by atoms with Crippen LogP contribution in [0.25, 0.3) is 0 Å². The Bertz CT molecular complexity index is 442. The summed E-state index contributed by atoms with van der Waals surface area (Å²) in [6.07, 6.45) is 6.96. The minimum Gasteiger partial charge on any atom is -0.398 e. The van der Waals surface area contributed by atoms with E-state index in [2.05, 4.69) is 13.1 Å². The van der Waals surface area contributed by atoms with Crippen molar-refractivity contribution in [3.8, 4) is 0 Å². The highest BCUT2D eigenvalue weighted by atomic mass is 35.5. The molecule has 0 saturated carbocycles. The van der Waals surface area contributed by atoms with Crippen LogP contribution in [-0.2, 0) is 6.54 Å². The van der Waals surface area contributed by atoms with E-state index in [9.17, 15) is 0 Å². The average Bonchev–Trinajstić information content (AvgIpc) is 2.56. The van der Waals surface area contributed by atoms with Crippen LogP contribution >= 0.6 is 11.6 Å². The summed E-state index contributed by atoms with van der Waals surface area (Å²) in [5.74, 6) is 0. The average molecular weight is 266 g/mol. The molecule has 2 heterocycles. The zero-order valence-corrected chi connectivity index (χ0v) is 11.8. The Morgan fingerprint density at radius 1 is 1.22 bits per heavy atom. The minimum absolute atomic E-state index is 0.801. The summed E-state index contributed by atoms with van der Waals surface area (Å²) in [5.41, 5.74) is 8.23. The van der Waals surface area contributed by atoms with Gasteiger partial charge in [-0.25, -0.2) is 0 Å². The summed E-state index contributed by atoms with van der Waals surface area (Å²) < 4.78 is 1.19. The molecule has 2 fully saturated rings. The quantitative estimate of drug-likeness (QED) is 0.642. The van der Waals surface area contributed by atoms with E-state index in [1.54, 1.807) is 0 Å². The minimum atomic E-state index is 0.801. The first-order valence-electron chi connectivity index (χ1n) is 6.98. The van der Waals surface area contributed by atoms with Crippen LogP contribution in [0.2, 0.25) is 5.02 Å². The Morgan fingerprint density at radius 2 is 1.89 bits per heavy atom. The van der Waals surface area contributed by atoms with Crippen LogP contribution in [0.4, 0.5) is 5.69 Å².